The SMILES string of the molecule is CCn1c2ccc(C3(c4ccc5c(c4)c4ncccc4n5CC)c4ccccc4S(=O)(=O)c4ccccc43)cc2c2ncccc21.CCn1c2ccccc2c2ncccc21.O=C1c2ccccc2S(=O)(=O)c2ccccc21. The van der Waals surface area contributed by atoms with Crippen LogP contribution < -0.4 is 0 Å². The number of benzene rings is 7. The molecule has 2 aliphatic heterocycles. The number of sulfone groups is 2. The highest BCUT2D eigenvalue weighted by Gasteiger charge is 2.49. The molecule has 13 heteroatoms. The van der Waals surface area contributed by atoms with Gasteiger partial charge in [-0.3, -0.25) is 19.7 Å². The lowest BCUT2D eigenvalue weighted by Crippen LogP contribution is -2.37. The van der Waals surface area contributed by atoms with Crippen LogP contribution in [0.3, 0.4) is 0 Å². The molecule has 0 N–H and O–H groups in total. The number of nitrogens with zero attached hydrogens (tertiary/aromatic N) is 6. The number of rotatable bonds is 5. The Morgan fingerprint density at radius 3 is 1.17 bits per heavy atom. The number of carbonyl (C=O) groups excluding carboxylic acids is 1. The van der Waals surface area contributed by atoms with Gasteiger partial charge in [0.15, 0.2) is 5.78 Å². The van der Waals surface area contributed by atoms with Crippen molar-refractivity contribution in [2.75, 3.05) is 0 Å². The smallest absolute Gasteiger partial charge is 0.208 e. The molecule has 0 amide bonds. The van der Waals surface area contributed by atoms with Gasteiger partial charge in [-0.1, -0.05) is 91.0 Å². The van der Waals surface area contributed by atoms with Gasteiger partial charge in [0.1, 0.15) is 0 Å². The first kappa shape index (κ1) is 48.6. The van der Waals surface area contributed by atoms with Crippen LogP contribution in [0.4, 0.5) is 0 Å². The fourth-order valence-electron chi connectivity index (χ4n) is 12.3. The molecule has 0 atom stereocenters. The second kappa shape index (κ2) is 18.6. The number of aryl methyl sites for hydroxylation is 3. The van der Waals surface area contributed by atoms with Crippen molar-refractivity contribution in [2.45, 2.75) is 65.4 Å². The van der Waals surface area contributed by atoms with Gasteiger partial charge in [-0.15, -0.1) is 0 Å². The highest BCUT2D eigenvalue weighted by atomic mass is 32.2. The molecule has 78 heavy (non-hydrogen) atoms. The summed E-state index contributed by atoms with van der Waals surface area (Å²) in [6, 6.07) is 61.5. The van der Waals surface area contributed by atoms with Gasteiger partial charge in [0.2, 0.25) is 19.7 Å². The van der Waals surface area contributed by atoms with Crippen LogP contribution in [0.15, 0.2) is 232 Å². The number of para-hydroxylation sites is 1. The van der Waals surface area contributed by atoms with Gasteiger partial charge in [0.25, 0.3) is 0 Å². The monoisotopic (exact) mass is 1060 g/mol. The Balaban J connectivity index is 0.000000146. The van der Waals surface area contributed by atoms with Gasteiger partial charge in [-0.2, -0.15) is 0 Å². The Hall–Kier alpha value is -9.04. The summed E-state index contributed by atoms with van der Waals surface area (Å²) >= 11 is 0. The van der Waals surface area contributed by atoms with E-state index >= 15 is 0 Å². The molecule has 13 aromatic rings. The summed E-state index contributed by atoms with van der Waals surface area (Å²) < 4.78 is 60.0. The molecular weight excluding hydrogens is 1010 g/mol. The van der Waals surface area contributed by atoms with Gasteiger partial charge >= 0.3 is 0 Å². The highest BCUT2D eigenvalue weighted by Crippen LogP contribution is 2.54. The fourth-order valence-corrected chi connectivity index (χ4v) is 15.7. The van der Waals surface area contributed by atoms with Crippen molar-refractivity contribution in [3.63, 3.8) is 0 Å². The first-order chi connectivity index (χ1) is 38.0. The summed E-state index contributed by atoms with van der Waals surface area (Å²) in [5.74, 6) is -0.231. The molecule has 0 fully saturated rings. The van der Waals surface area contributed by atoms with Crippen LogP contribution in [0.1, 0.15) is 58.9 Å². The van der Waals surface area contributed by atoms with Gasteiger partial charge in [-0.25, -0.2) is 16.8 Å². The third-order valence-corrected chi connectivity index (χ3v) is 19.3. The maximum atomic E-state index is 14.3. The normalized spacial score (nSPS) is 14.5. The molecule has 0 saturated heterocycles. The van der Waals surface area contributed by atoms with E-state index in [-0.39, 0.29) is 26.7 Å². The minimum atomic E-state index is -3.78. The summed E-state index contributed by atoms with van der Waals surface area (Å²) in [4.78, 5) is 27.1. The van der Waals surface area contributed by atoms with Crippen LogP contribution in [-0.2, 0) is 44.7 Å². The number of hydrogen-bond donors (Lipinski definition) is 0. The zero-order chi connectivity index (χ0) is 53.5. The van der Waals surface area contributed by atoms with Gasteiger partial charge < -0.3 is 13.7 Å². The molecular formula is C65H50N6O5S2. The largest absolute Gasteiger partial charge is 0.339 e. The van der Waals surface area contributed by atoms with Crippen LogP contribution in [0.2, 0.25) is 0 Å². The van der Waals surface area contributed by atoms with E-state index in [1.165, 1.54) is 28.6 Å². The van der Waals surface area contributed by atoms with Gasteiger partial charge in [0.05, 0.1) is 74.6 Å². The second-order valence-corrected chi connectivity index (χ2v) is 23.2. The number of aromatic nitrogens is 6. The van der Waals surface area contributed by atoms with Crippen molar-refractivity contribution in [1.29, 1.82) is 0 Å². The number of ketones is 1. The third-order valence-electron chi connectivity index (χ3n) is 15.6. The van der Waals surface area contributed by atoms with E-state index in [1.54, 1.807) is 48.5 Å². The summed E-state index contributed by atoms with van der Waals surface area (Å²) in [7, 11) is -7.33. The first-order valence-corrected chi connectivity index (χ1v) is 29.0. The highest BCUT2D eigenvalue weighted by molar-refractivity contribution is 7.92. The van der Waals surface area contributed by atoms with Crippen molar-refractivity contribution in [1.82, 2.24) is 28.7 Å². The molecule has 0 spiro atoms. The van der Waals surface area contributed by atoms with E-state index in [4.69, 9.17) is 9.97 Å². The van der Waals surface area contributed by atoms with Crippen LogP contribution in [0.25, 0.3) is 65.8 Å². The lowest BCUT2D eigenvalue weighted by atomic mass is 9.64. The van der Waals surface area contributed by atoms with Crippen molar-refractivity contribution in [2.24, 2.45) is 0 Å². The predicted molar refractivity (Wildman–Crippen MR) is 308 cm³/mol. The molecule has 8 heterocycles. The Bertz CT molecular complexity index is 4560. The van der Waals surface area contributed by atoms with E-state index in [9.17, 15) is 21.6 Å². The summed E-state index contributed by atoms with van der Waals surface area (Å²) in [6.45, 7) is 9.07. The van der Waals surface area contributed by atoms with Crippen molar-refractivity contribution >= 4 is 91.3 Å². The van der Waals surface area contributed by atoms with Crippen molar-refractivity contribution in [3.05, 3.63) is 246 Å². The molecule has 382 valence electrons. The number of pyridine rings is 3. The first-order valence-electron chi connectivity index (χ1n) is 26.0. The van der Waals surface area contributed by atoms with Crippen molar-refractivity contribution in [3.8, 4) is 0 Å². The molecule has 2 aliphatic rings. The summed E-state index contributed by atoms with van der Waals surface area (Å²) in [5, 5.41) is 3.33. The molecule has 0 aliphatic carbocycles. The number of hydrogen-bond acceptors (Lipinski definition) is 8. The minimum Gasteiger partial charge on any atom is -0.339 e. The molecule has 0 saturated carbocycles. The summed E-state index contributed by atoms with van der Waals surface area (Å²) in [5.41, 5.74) is 12.9. The molecule has 15 rings (SSSR count). The maximum absolute atomic E-state index is 14.3. The average molecular weight is 1060 g/mol. The Kier molecular flexibility index (Phi) is 11.6. The van der Waals surface area contributed by atoms with E-state index < -0.39 is 25.1 Å². The summed E-state index contributed by atoms with van der Waals surface area (Å²) in [6.07, 6.45) is 5.54. The zero-order valence-corrected chi connectivity index (χ0v) is 44.5. The van der Waals surface area contributed by atoms with E-state index in [1.807, 2.05) is 73.2 Å². The molecule has 11 nitrogen and oxygen atoms in total. The second-order valence-electron chi connectivity index (χ2n) is 19.4. The van der Waals surface area contributed by atoms with E-state index in [0.717, 1.165) is 91.3 Å². The lowest BCUT2D eigenvalue weighted by molar-refractivity contribution is 0.103. The Morgan fingerprint density at radius 2 is 0.718 bits per heavy atom. The maximum Gasteiger partial charge on any atom is 0.208 e. The van der Waals surface area contributed by atoms with Gasteiger partial charge in [0, 0.05) is 65.5 Å². The molecule has 0 radical (unpaired) electrons. The van der Waals surface area contributed by atoms with Gasteiger partial charge in [-0.05, 0) is 146 Å². The third kappa shape index (κ3) is 7.07. The number of fused-ring (bicyclic) bond motifs is 13. The molecule has 7 aromatic carbocycles. The van der Waals surface area contributed by atoms with E-state index in [2.05, 4.69) is 118 Å². The predicted octanol–water partition coefficient (Wildman–Crippen LogP) is 13.5. The van der Waals surface area contributed by atoms with Crippen LogP contribution in [0, 0.1) is 0 Å². The Morgan fingerprint density at radius 1 is 0.372 bits per heavy atom. The molecule has 0 unspecified atom stereocenters. The van der Waals surface area contributed by atoms with Crippen LogP contribution >= 0.6 is 0 Å². The topological polar surface area (TPSA) is 139 Å². The molecule has 0 bridgehead atoms. The van der Waals surface area contributed by atoms with Crippen LogP contribution in [-0.4, -0.2) is 51.3 Å². The van der Waals surface area contributed by atoms with Crippen molar-refractivity contribution < 1.29 is 21.6 Å². The lowest BCUT2D eigenvalue weighted by Gasteiger charge is -2.41. The average Bonchev–Trinajstić information content (AvgIpc) is 4.18. The number of carbonyl (C=O) groups is 1. The standard InChI is InChI=1S/C39H30N4O2S.C13H12N2.C13H8O3S/c1-3-42-31-19-17-25(23-27(31)37-33(42)13-9-21-40-37)39(26-18-20-32-28(24-26)38-34(43(32)4-2)14-10-22-41-38)29-11-5-7-15-35(29)46(44,45)36-16-8-6-12-30(36)39;1-2-15-11-7-4-3-6-10(11)13-12(15)8-5-9-14-13;14-13-9-5-1-3-7-11(9)17(15,16)12-8-4-2-6-10(12)13/h5-24H,3-4H2,1-2H3;3-9H,2H2,1H3;1-8H. The van der Waals surface area contributed by atoms with E-state index in [0.29, 0.717) is 9.79 Å². The molecule has 6 aromatic heterocycles. The Labute approximate surface area is 450 Å². The fraction of sp³-hybridized carbons (Fsp3) is 0.108. The van der Waals surface area contributed by atoms with Crippen LogP contribution in [0.5, 0.6) is 0 Å². The zero-order valence-electron chi connectivity index (χ0n) is 42.9. The minimum absolute atomic E-state index is 0.101. The quantitative estimate of drug-likeness (QED) is 0.166.